The molecule has 0 saturated heterocycles. The Morgan fingerprint density at radius 2 is 1.67 bits per heavy atom. The number of benzene rings is 2. The number of hydrogen-bond acceptors (Lipinski definition) is 4. The van der Waals surface area contributed by atoms with Gasteiger partial charge in [-0.05, 0) is 41.4 Å². The van der Waals surface area contributed by atoms with Crippen molar-refractivity contribution in [3.63, 3.8) is 0 Å². The van der Waals surface area contributed by atoms with Crippen LogP contribution in [0.4, 0.5) is 4.39 Å². The number of hydrogen-bond donors (Lipinski definition) is 0. The SMILES string of the molecule is Fc1cnc(Cl)nc1OCCc1ccc(Oc2ccccc2)cc1. The molecule has 0 spiro atoms. The minimum atomic E-state index is -0.633. The summed E-state index contributed by atoms with van der Waals surface area (Å²) in [5, 5.41) is -0.0474. The van der Waals surface area contributed by atoms with Crippen LogP contribution in [0.25, 0.3) is 0 Å². The Kier molecular flexibility index (Phi) is 5.23. The van der Waals surface area contributed by atoms with Gasteiger partial charge in [0.15, 0.2) is 0 Å². The number of aromatic nitrogens is 2. The predicted molar refractivity (Wildman–Crippen MR) is 89.2 cm³/mol. The molecule has 0 atom stereocenters. The van der Waals surface area contributed by atoms with Crippen LogP contribution in [0.15, 0.2) is 60.8 Å². The molecule has 0 aliphatic heterocycles. The Balaban J connectivity index is 1.54. The van der Waals surface area contributed by atoms with Crippen molar-refractivity contribution >= 4 is 11.6 Å². The largest absolute Gasteiger partial charge is 0.475 e. The zero-order valence-electron chi connectivity index (χ0n) is 12.7. The van der Waals surface area contributed by atoms with E-state index < -0.39 is 5.82 Å². The van der Waals surface area contributed by atoms with Crippen molar-refractivity contribution in [1.82, 2.24) is 9.97 Å². The van der Waals surface area contributed by atoms with Gasteiger partial charge in [-0.15, -0.1) is 0 Å². The maximum absolute atomic E-state index is 13.4. The molecule has 4 nitrogen and oxygen atoms in total. The molecule has 2 aromatic carbocycles. The van der Waals surface area contributed by atoms with E-state index >= 15 is 0 Å². The Bertz CT molecular complexity index is 798. The lowest BCUT2D eigenvalue weighted by Gasteiger charge is -2.08. The van der Waals surface area contributed by atoms with Crippen LogP contribution in [0, 0.1) is 5.82 Å². The summed E-state index contributed by atoms with van der Waals surface area (Å²) in [6, 6.07) is 17.2. The van der Waals surface area contributed by atoms with Gasteiger partial charge in [0.25, 0.3) is 5.88 Å². The first-order chi connectivity index (χ1) is 11.7. The fourth-order valence-corrected chi connectivity index (χ4v) is 2.17. The van der Waals surface area contributed by atoms with Crippen LogP contribution < -0.4 is 9.47 Å². The van der Waals surface area contributed by atoms with Crippen LogP contribution >= 0.6 is 11.6 Å². The van der Waals surface area contributed by atoms with Crippen molar-refractivity contribution in [2.45, 2.75) is 6.42 Å². The van der Waals surface area contributed by atoms with Crippen molar-refractivity contribution in [2.75, 3.05) is 6.61 Å². The van der Waals surface area contributed by atoms with E-state index in [4.69, 9.17) is 21.1 Å². The monoisotopic (exact) mass is 344 g/mol. The van der Waals surface area contributed by atoms with Gasteiger partial charge in [0.1, 0.15) is 11.5 Å². The van der Waals surface area contributed by atoms with Gasteiger partial charge in [0.05, 0.1) is 12.8 Å². The van der Waals surface area contributed by atoms with E-state index in [1.54, 1.807) is 0 Å². The number of para-hydroxylation sites is 1. The topological polar surface area (TPSA) is 44.2 Å². The van der Waals surface area contributed by atoms with Gasteiger partial charge in [0, 0.05) is 6.42 Å². The third kappa shape index (κ3) is 4.43. The van der Waals surface area contributed by atoms with E-state index in [1.807, 2.05) is 54.6 Å². The first kappa shape index (κ1) is 16.2. The van der Waals surface area contributed by atoms with Gasteiger partial charge >= 0.3 is 0 Å². The molecule has 3 aromatic rings. The van der Waals surface area contributed by atoms with E-state index in [-0.39, 0.29) is 17.8 Å². The highest BCUT2D eigenvalue weighted by molar-refractivity contribution is 6.28. The molecule has 1 aromatic heterocycles. The highest BCUT2D eigenvalue weighted by Crippen LogP contribution is 2.21. The van der Waals surface area contributed by atoms with Crippen LogP contribution in [-0.4, -0.2) is 16.6 Å². The van der Waals surface area contributed by atoms with Crippen molar-refractivity contribution in [2.24, 2.45) is 0 Å². The third-order valence-electron chi connectivity index (χ3n) is 3.21. The van der Waals surface area contributed by atoms with Crippen molar-refractivity contribution in [1.29, 1.82) is 0 Å². The molecule has 0 aliphatic carbocycles. The van der Waals surface area contributed by atoms with E-state index in [1.165, 1.54) is 0 Å². The number of halogens is 2. The van der Waals surface area contributed by atoms with Crippen LogP contribution in [-0.2, 0) is 6.42 Å². The first-order valence-electron chi connectivity index (χ1n) is 7.33. The minimum Gasteiger partial charge on any atom is -0.475 e. The maximum atomic E-state index is 13.4. The third-order valence-corrected chi connectivity index (χ3v) is 3.40. The zero-order valence-corrected chi connectivity index (χ0v) is 13.4. The molecule has 1 heterocycles. The van der Waals surface area contributed by atoms with E-state index in [9.17, 15) is 4.39 Å². The van der Waals surface area contributed by atoms with E-state index in [0.29, 0.717) is 6.42 Å². The summed E-state index contributed by atoms with van der Waals surface area (Å²) >= 11 is 5.61. The second-order valence-electron chi connectivity index (χ2n) is 4.95. The molecule has 0 amide bonds. The second-order valence-corrected chi connectivity index (χ2v) is 5.29. The molecule has 3 rings (SSSR count). The quantitative estimate of drug-likeness (QED) is 0.609. The molecule has 0 saturated carbocycles. The molecule has 24 heavy (non-hydrogen) atoms. The Hall–Kier alpha value is -2.66. The lowest BCUT2D eigenvalue weighted by Crippen LogP contribution is -2.05. The fraction of sp³-hybridized carbons (Fsp3) is 0.111. The van der Waals surface area contributed by atoms with Crippen LogP contribution in [0.5, 0.6) is 17.4 Å². The fourth-order valence-electron chi connectivity index (χ4n) is 2.05. The van der Waals surface area contributed by atoms with Crippen molar-refractivity contribution in [3.8, 4) is 17.4 Å². The molecule has 0 unspecified atom stereocenters. The summed E-state index contributed by atoms with van der Waals surface area (Å²) in [5.41, 5.74) is 1.04. The molecule has 0 radical (unpaired) electrons. The van der Waals surface area contributed by atoms with Crippen LogP contribution in [0.1, 0.15) is 5.56 Å². The standard InChI is InChI=1S/C18H14ClFN2O2/c19-18-21-12-16(20)17(22-18)23-11-10-13-6-8-15(9-7-13)24-14-4-2-1-3-5-14/h1-9,12H,10-11H2. The smallest absolute Gasteiger partial charge is 0.254 e. The molecule has 0 bridgehead atoms. The normalized spacial score (nSPS) is 10.4. The zero-order chi connectivity index (χ0) is 16.8. The Morgan fingerprint density at radius 1 is 0.958 bits per heavy atom. The van der Waals surface area contributed by atoms with E-state index in [2.05, 4.69) is 9.97 Å². The highest BCUT2D eigenvalue weighted by Gasteiger charge is 2.07. The number of nitrogens with zero attached hydrogens (tertiary/aromatic N) is 2. The first-order valence-corrected chi connectivity index (χ1v) is 7.71. The van der Waals surface area contributed by atoms with Gasteiger partial charge < -0.3 is 9.47 Å². The summed E-state index contributed by atoms with van der Waals surface area (Å²) in [6.07, 6.45) is 1.59. The lowest BCUT2D eigenvalue weighted by atomic mass is 10.1. The lowest BCUT2D eigenvalue weighted by molar-refractivity contribution is 0.291. The van der Waals surface area contributed by atoms with Crippen LogP contribution in [0.3, 0.4) is 0 Å². The molecular formula is C18H14ClFN2O2. The molecule has 0 fully saturated rings. The number of rotatable bonds is 6. The average molecular weight is 345 g/mol. The van der Waals surface area contributed by atoms with Gasteiger partial charge in [-0.25, -0.2) is 4.98 Å². The van der Waals surface area contributed by atoms with Gasteiger partial charge in [-0.1, -0.05) is 30.3 Å². The minimum absolute atomic E-state index is 0.0474. The maximum Gasteiger partial charge on any atom is 0.254 e. The summed E-state index contributed by atoms with van der Waals surface area (Å²) in [5.74, 6) is 0.759. The predicted octanol–water partition coefficient (Wildman–Crippen LogP) is 4.68. The molecule has 122 valence electrons. The Morgan fingerprint density at radius 3 is 2.42 bits per heavy atom. The molecule has 0 N–H and O–H groups in total. The molecule has 6 heteroatoms. The summed E-state index contributed by atoms with van der Waals surface area (Å²) in [7, 11) is 0. The van der Waals surface area contributed by atoms with E-state index in [0.717, 1.165) is 23.3 Å². The summed E-state index contributed by atoms with van der Waals surface area (Å²) in [6.45, 7) is 0.281. The number of ether oxygens (including phenoxy) is 2. The summed E-state index contributed by atoms with van der Waals surface area (Å²) in [4.78, 5) is 7.24. The van der Waals surface area contributed by atoms with Gasteiger partial charge in [-0.2, -0.15) is 9.37 Å². The second kappa shape index (κ2) is 7.75. The Labute approximate surface area is 143 Å². The average Bonchev–Trinajstić information content (AvgIpc) is 2.60. The van der Waals surface area contributed by atoms with Crippen molar-refractivity contribution in [3.05, 3.63) is 77.5 Å². The molecular weight excluding hydrogens is 331 g/mol. The van der Waals surface area contributed by atoms with Crippen LogP contribution in [0.2, 0.25) is 5.28 Å². The highest BCUT2D eigenvalue weighted by atomic mass is 35.5. The molecule has 0 aliphatic rings. The van der Waals surface area contributed by atoms with Gasteiger partial charge in [0.2, 0.25) is 11.1 Å². The van der Waals surface area contributed by atoms with Gasteiger partial charge in [-0.3, -0.25) is 0 Å². The van der Waals surface area contributed by atoms with Crippen molar-refractivity contribution < 1.29 is 13.9 Å². The summed E-state index contributed by atoms with van der Waals surface area (Å²) < 4.78 is 24.5.